The van der Waals surface area contributed by atoms with Crippen LogP contribution in [-0.4, -0.2) is 33.9 Å². The molecule has 0 aliphatic rings. The van der Waals surface area contributed by atoms with E-state index in [0.717, 1.165) is 6.07 Å². The molecule has 0 fully saturated rings. The third-order valence-corrected chi connectivity index (χ3v) is 5.96. The number of ketones is 1. The van der Waals surface area contributed by atoms with Crippen molar-refractivity contribution in [2.75, 3.05) is 0 Å². The van der Waals surface area contributed by atoms with Gasteiger partial charge in [0.2, 0.25) is 0 Å². The quantitative estimate of drug-likeness (QED) is 0.249. The standard InChI is InChI=1S/C27H21ClF3NO5/c1-3-23(26(34)35)36-19-9-5-8-18(13-19)32-15(2)24(25(33)16-6-4-7-17(28)12-16)21-11-10-20(14-22(21)32)37-27(29,30)31/h4-14,23H,3H2,1-2H3,(H,34,35). The molecule has 0 saturated heterocycles. The molecule has 0 bridgehead atoms. The van der Waals surface area contributed by atoms with Gasteiger partial charge in [0.25, 0.3) is 0 Å². The Hall–Kier alpha value is -3.98. The maximum Gasteiger partial charge on any atom is 0.573 e. The number of hydrogen-bond donors (Lipinski definition) is 1. The zero-order valence-electron chi connectivity index (χ0n) is 19.7. The number of carboxylic acids is 1. The molecule has 1 atom stereocenters. The lowest BCUT2D eigenvalue weighted by Gasteiger charge is -2.15. The number of fused-ring (bicyclic) bond motifs is 1. The first-order valence-corrected chi connectivity index (χ1v) is 11.6. The van der Waals surface area contributed by atoms with Crippen LogP contribution in [0.15, 0.2) is 66.7 Å². The fraction of sp³-hybridized carbons (Fsp3) is 0.185. The molecule has 1 aromatic heterocycles. The second-order valence-electron chi connectivity index (χ2n) is 8.21. The summed E-state index contributed by atoms with van der Waals surface area (Å²) in [6.45, 7) is 3.34. The van der Waals surface area contributed by atoms with Gasteiger partial charge in [0, 0.05) is 39.5 Å². The Balaban J connectivity index is 1.92. The minimum absolute atomic E-state index is 0.224. The van der Waals surface area contributed by atoms with Gasteiger partial charge in [-0.3, -0.25) is 4.79 Å². The molecule has 0 spiro atoms. The van der Waals surface area contributed by atoms with E-state index in [1.165, 1.54) is 18.2 Å². The van der Waals surface area contributed by atoms with Crippen LogP contribution in [0.1, 0.15) is 35.0 Å². The van der Waals surface area contributed by atoms with E-state index < -0.39 is 24.2 Å². The lowest BCUT2D eigenvalue weighted by molar-refractivity contribution is -0.274. The van der Waals surface area contributed by atoms with E-state index in [-0.39, 0.29) is 29.0 Å². The van der Waals surface area contributed by atoms with Crippen LogP contribution in [0.4, 0.5) is 13.2 Å². The predicted molar refractivity (Wildman–Crippen MR) is 132 cm³/mol. The van der Waals surface area contributed by atoms with Crippen molar-refractivity contribution in [3.05, 3.63) is 88.6 Å². The minimum atomic E-state index is -4.90. The van der Waals surface area contributed by atoms with Gasteiger partial charge in [0.15, 0.2) is 11.9 Å². The first-order valence-electron chi connectivity index (χ1n) is 11.2. The van der Waals surface area contributed by atoms with E-state index in [0.29, 0.717) is 27.4 Å². The first kappa shape index (κ1) is 26.1. The van der Waals surface area contributed by atoms with Crippen molar-refractivity contribution in [2.24, 2.45) is 0 Å². The molecule has 0 amide bonds. The number of nitrogens with zero attached hydrogens (tertiary/aromatic N) is 1. The van der Waals surface area contributed by atoms with Crippen LogP contribution in [-0.2, 0) is 4.79 Å². The largest absolute Gasteiger partial charge is 0.573 e. The third-order valence-electron chi connectivity index (χ3n) is 5.72. The van der Waals surface area contributed by atoms with Crippen molar-refractivity contribution in [3.63, 3.8) is 0 Å². The highest BCUT2D eigenvalue weighted by Crippen LogP contribution is 2.36. The van der Waals surface area contributed by atoms with Gasteiger partial charge in [-0.1, -0.05) is 36.7 Å². The normalized spacial score (nSPS) is 12.4. The molecule has 10 heteroatoms. The monoisotopic (exact) mass is 531 g/mol. The van der Waals surface area contributed by atoms with Gasteiger partial charge in [0.05, 0.1) is 11.1 Å². The molecule has 0 aliphatic heterocycles. The fourth-order valence-electron chi connectivity index (χ4n) is 4.15. The molecule has 1 N–H and O–H groups in total. The van der Waals surface area contributed by atoms with Gasteiger partial charge < -0.3 is 19.1 Å². The molecule has 3 aromatic carbocycles. The Labute approximate surface area is 214 Å². The summed E-state index contributed by atoms with van der Waals surface area (Å²) in [6, 6.07) is 16.5. The number of carboxylic acid groups (broad SMARTS) is 1. The number of aliphatic carboxylic acids is 1. The maximum absolute atomic E-state index is 13.5. The van der Waals surface area contributed by atoms with Crippen LogP contribution >= 0.6 is 11.6 Å². The van der Waals surface area contributed by atoms with Crippen molar-refractivity contribution >= 4 is 34.3 Å². The second kappa shape index (κ2) is 10.2. The average molecular weight is 532 g/mol. The van der Waals surface area contributed by atoms with Gasteiger partial charge >= 0.3 is 12.3 Å². The number of alkyl halides is 3. The minimum Gasteiger partial charge on any atom is -0.479 e. The van der Waals surface area contributed by atoms with E-state index >= 15 is 0 Å². The number of aromatic nitrogens is 1. The summed E-state index contributed by atoms with van der Waals surface area (Å²) in [4.78, 5) is 25.0. The van der Waals surface area contributed by atoms with Crippen LogP contribution < -0.4 is 9.47 Å². The first-order chi connectivity index (χ1) is 17.5. The molecular weight excluding hydrogens is 511 g/mol. The zero-order valence-corrected chi connectivity index (χ0v) is 20.4. The van der Waals surface area contributed by atoms with Crippen molar-refractivity contribution in [3.8, 4) is 17.2 Å². The van der Waals surface area contributed by atoms with Crippen molar-refractivity contribution in [1.82, 2.24) is 4.57 Å². The highest BCUT2D eigenvalue weighted by atomic mass is 35.5. The van der Waals surface area contributed by atoms with Gasteiger partial charge in [-0.2, -0.15) is 0 Å². The third kappa shape index (κ3) is 5.56. The lowest BCUT2D eigenvalue weighted by atomic mass is 10.0. The lowest BCUT2D eigenvalue weighted by Crippen LogP contribution is -2.25. The summed E-state index contributed by atoms with van der Waals surface area (Å²) < 4.78 is 50.2. The van der Waals surface area contributed by atoms with Crippen LogP contribution in [0.3, 0.4) is 0 Å². The van der Waals surface area contributed by atoms with Gasteiger partial charge in [-0.25, -0.2) is 4.79 Å². The smallest absolute Gasteiger partial charge is 0.479 e. The molecular formula is C27H21ClF3NO5. The molecule has 4 rings (SSSR count). The van der Waals surface area contributed by atoms with Gasteiger partial charge in [-0.15, -0.1) is 13.2 Å². The summed E-state index contributed by atoms with van der Waals surface area (Å²) >= 11 is 6.07. The Kier molecular flexibility index (Phi) is 7.18. The predicted octanol–water partition coefficient (Wildman–Crippen LogP) is 6.96. The summed E-state index contributed by atoms with van der Waals surface area (Å²) in [7, 11) is 0. The number of halogens is 4. The maximum atomic E-state index is 13.5. The van der Waals surface area contributed by atoms with Crippen molar-refractivity contribution < 1.29 is 37.3 Å². The SMILES string of the molecule is CCC(Oc1cccc(-n2c(C)c(C(=O)c3cccc(Cl)c3)c3ccc(OC(F)(F)F)cc32)c1)C(=O)O. The van der Waals surface area contributed by atoms with Crippen molar-refractivity contribution in [2.45, 2.75) is 32.7 Å². The summed E-state index contributed by atoms with van der Waals surface area (Å²) in [5, 5.41) is 10.1. The van der Waals surface area contributed by atoms with Crippen LogP contribution in [0.2, 0.25) is 5.02 Å². The van der Waals surface area contributed by atoms with E-state index in [1.54, 1.807) is 60.9 Å². The highest BCUT2D eigenvalue weighted by molar-refractivity contribution is 6.31. The molecule has 1 unspecified atom stereocenters. The number of ether oxygens (including phenoxy) is 2. The summed E-state index contributed by atoms with van der Waals surface area (Å²) in [5.74, 6) is -1.69. The Morgan fingerprint density at radius 2 is 1.76 bits per heavy atom. The highest BCUT2D eigenvalue weighted by Gasteiger charge is 2.32. The van der Waals surface area contributed by atoms with E-state index in [2.05, 4.69) is 4.74 Å². The summed E-state index contributed by atoms with van der Waals surface area (Å²) in [5.41, 5.74) is 1.78. The number of carbonyl (C=O) groups excluding carboxylic acids is 1. The topological polar surface area (TPSA) is 77.8 Å². The molecule has 0 radical (unpaired) electrons. The molecule has 192 valence electrons. The van der Waals surface area contributed by atoms with E-state index in [1.807, 2.05) is 0 Å². The summed E-state index contributed by atoms with van der Waals surface area (Å²) in [6.07, 6.45) is -5.76. The molecule has 0 aliphatic carbocycles. The van der Waals surface area contributed by atoms with E-state index in [4.69, 9.17) is 16.3 Å². The molecule has 4 aromatic rings. The van der Waals surface area contributed by atoms with Gasteiger partial charge in [0.1, 0.15) is 11.5 Å². The zero-order chi connectivity index (χ0) is 26.9. The Morgan fingerprint density at radius 1 is 1.03 bits per heavy atom. The van der Waals surface area contributed by atoms with Crippen LogP contribution in [0, 0.1) is 6.92 Å². The molecule has 1 heterocycles. The number of carbonyl (C=O) groups is 2. The number of benzene rings is 3. The Bertz CT molecular complexity index is 1500. The van der Waals surface area contributed by atoms with Gasteiger partial charge in [-0.05, 0) is 49.7 Å². The van der Waals surface area contributed by atoms with Crippen molar-refractivity contribution in [1.29, 1.82) is 0 Å². The average Bonchev–Trinajstić information content (AvgIpc) is 3.12. The molecule has 0 saturated carbocycles. The number of hydrogen-bond acceptors (Lipinski definition) is 4. The second-order valence-corrected chi connectivity index (χ2v) is 8.65. The fourth-order valence-corrected chi connectivity index (χ4v) is 4.34. The molecule has 37 heavy (non-hydrogen) atoms. The van der Waals surface area contributed by atoms with Crippen LogP contribution in [0.25, 0.3) is 16.6 Å². The Morgan fingerprint density at radius 3 is 2.41 bits per heavy atom. The van der Waals surface area contributed by atoms with Crippen LogP contribution in [0.5, 0.6) is 11.5 Å². The number of rotatable bonds is 8. The molecule has 6 nitrogen and oxygen atoms in total. The van der Waals surface area contributed by atoms with E-state index in [9.17, 15) is 27.9 Å².